The summed E-state index contributed by atoms with van der Waals surface area (Å²) in [7, 11) is 0. The number of benzene rings is 1. The van der Waals surface area contributed by atoms with Crippen molar-refractivity contribution in [1.29, 1.82) is 0 Å². The first-order chi connectivity index (χ1) is 10.8. The maximum absolute atomic E-state index is 14.3. The van der Waals surface area contributed by atoms with Crippen LogP contribution < -0.4 is 4.90 Å². The lowest BCUT2D eigenvalue weighted by Crippen LogP contribution is -2.33. The Bertz CT molecular complexity index is 706. The fourth-order valence-corrected chi connectivity index (χ4v) is 3.51. The van der Waals surface area contributed by atoms with E-state index in [2.05, 4.69) is 9.88 Å². The highest BCUT2D eigenvalue weighted by molar-refractivity contribution is 5.99. The average Bonchev–Trinajstić information content (AvgIpc) is 3.11. The highest BCUT2D eigenvalue weighted by Gasteiger charge is 2.50. The monoisotopic (exact) mass is 297 g/mol. The standard InChI is InChI=1S/C17H16FN3O/c18-13-7-2-1-6-12(13)16-20-11-5-8-14(20)17(22)21(16)15-9-3-4-10-19-15/h1-4,6-7,9-10,14,16H,5,8,11H2/t14-,16+/m0/s1. The molecule has 0 spiro atoms. The third kappa shape index (κ3) is 1.93. The van der Waals surface area contributed by atoms with Crippen LogP contribution in [0, 0.1) is 5.82 Å². The van der Waals surface area contributed by atoms with Crippen LogP contribution >= 0.6 is 0 Å². The Morgan fingerprint density at radius 2 is 1.95 bits per heavy atom. The first kappa shape index (κ1) is 13.4. The number of amides is 1. The molecule has 0 bridgehead atoms. The van der Waals surface area contributed by atoms with Gasteiger partial charge >= 0.3 is 0 Å². The van der Waals surface area contributed by atoms with Gasteiger partial charge in [0, 0.05) is 18.3 Å². The molecule has 3 heterocycles. The lowest BCUT2D eigenvalue weighted by atomic mass is 10.1. The molecular formula is C17H16FN3O. The second kappa shape index (κ2) is 5.18. The van der Waals surface area contributed by atoms with Crippen molar-refractivity contribution in [2.24, 2.45) is 0 Å². The lowest BCUT2D eigenvalue weighted by Gasteiger charge is -2.29. The van der Waals surface area contributed by atoms with E-state index < -0.39 is 6.17 Å². The summed E-state index contributed by atoms with van der Waals surface area (Å²) in [6, 6.07) is 12.0. The molecule has 5 heteroatoms. The van der Waals surface area contributed by atoms with E-state index in [1.807, 2.05) is 18.2 Å². The normalized spacial score (nSPS) is 24.8. The molecule has 0 saturated carbocycles. The SMILES string of the molecule is O=C1[C@@H]2CCCN2[C@@H](c2ccccc2F)N1c1ccccn1. The summed E-state index contributed by atoms with van der Waals surface area (Å²) >= 11 is 0. The summed E-state index contributed by atoms with van der Waals surface area (Å²) in [6.07, 6.45) is 3.05. The van der Waals surface area contributed by atoms with E-state index >= 15 is 0 Å². The number of hydrogen-bond donors (Lipinski definition) is 0. The van der Waals surface area contributed by atoms with Crippen molar-refractivity contribution in [1.82, 2.24) is 9.88 Å². The molecule has 2 aromatic rings. The fraction of sp³-hybridized carbons (Fsp3) is 0.294. The number of rotatable bonds is 2. The van der Waals surface area contributed by atoms with Crippen LogP contribution in [0.1, 0.15) is 24.6 Å². The number of aromatic nitrogens is 1. The van der Waals surface area contributed by atoms with Gasteiger partial charge < -0.3 is 0 Å². The Labute approximate surface area is 128 Å². The summed E-state index contributed by atoms with van der Waals surface area (Å²) in [5, 5.41) is 0. The van der Waals surface area contributed by atoms with Crippen molar-refractivity contribution in [2.45, 2.75) is 25.0 Å². The van der Waals surface area contributed by atoms with Crippen molar-refractivity contribution in [3.63, 3.8) is 0 Å². The van der Waals surface area contributed by atoms with Crippen molar-refractivity contribution in [2.75, 3.05) is 11.4 Å². The number of hydrogen-bond acceptors (Lipinski definition) is 3. The van der Waals surface area contributed by atoms with Gasteiger partial charge in [0.15, 0.2) is 0 Å². The summed E-state index contributed by atoms with van der Waals surface area (Å²) in [5.41, 5.74) is 0.533. The zero-order valence-electron chi connectivity index (χ0n) is 12.0. The molecule has 2 fully saturated rings. The Morgan fingerprint density at radius 1 is 1.14 bits per heavy atom. The third-order valence-corrected chi connectivity index (χ3v) is 4.45. The first-order valence-electron chi connectivity index (χ1n) is 7.51. The van der Waals surface area contributed by atoms with Gasteiger partial charge in [0.25, 0.3) is 0 Å². The van der Waals surface area contributed by atoms with E-state index in [0.717, 1.165) is 19.4 Å². The highest BCUT2D eigenvalue weighted by atomic mass is 19.1. The summed E-state index contributed by atoms with van der Waals surface area (Å²) in [4.78, 5) is 20.8. The van der Waals surface area contributed by atoms with Gasteiger partial charge in [-0.2, -0.15) is 0 Å². The number of anilines is 1. The van der Waals surface area contributed by atoms with Crippen LogP contribution in [0.15, 0.2) is 48.7 Å². The number of nitrogens with zero attached hydrogens (tertiary/aromatic N) is 3. The van der Waals surface area contributed by atoms with E-state index in [4.69, 9.17) is 0 Å². The molecule has 0 radical (unpaired) electrons. The van der Waals surface area contributed by atoms with Crippen LogP contribution in [0.5, 0.6) is 0 Å². The van der Waals surface area contributed by atoms with Gasteiger partial charge in [-0.3, -0.25) is 14.6 Å². The molecule has 2 atom stereocenters. The molecule has 112 valence electrons. The van der Waals surface area contributed by atoms with Gasteiger partial charge in [-0.15, -0.1) is 0 Å². The average molecular weight is 297 g/mol. The van der Waals surface area contributed by atoms with Crippen LogP contribution in [-0.4, -0.2) is 28.4 Å². The highest BCUT2D eigenvalue weighted by Crippen LogP contribution is 2.42. The van der Waals surface area contributed by atoms with E-state index in [1.165, 1.54) is 6.07 Å². The van der Waals surface area contributed by atoms with Crippen LogP contribution in [-0.2, 0) is 4.79 Å². The van der Waals surface area contributed by atoms with Crippen LogP contribution in [0.4, 0.5) is 10.2 Å². The largest absolute Gasteiger partial charge is 0.274 e. The topological polar surface area (TPSA) is 36.4 Å². The smallest absolute Gasteiger partial charge is 0.247 e. The molecule has 4 rings (SSSR count). The molecule has 2 saturated heterocycles. The molecule has 1 aromatic heterocycles. The Balaban J connectivity index is 1.84. The van der Waals surface area contributed by atoms with Gasteiger partial charge in [-0.1, -0.05) is 24.3 Å². The van der Waals surface area contributed by atoms with Crippen LogP contribution in [0.2, 0.25) is 0 Å². The zero-order chi connectivity index (χ0) is 15.1. The maximum atomic E-state index is 14.3. The summed E-state index contributed by atoms with van der Waals surface area (Å²) in [5.74, 6) is 0.313. The molecule has 0 N–H and O–H groups in total. The minimum absolute atomic E-state index is 0.0180. The number of carbonyl (C=O) groups is 1. The van der Waals surface area contributed by atoms with Gasteiger partial charge in [0.1, 0.15) is 17.8 Å². The van der Waals surface area contributed by atoms with Crippen LogP contribution in [0.25, 0.3) is 0 Å². The van der Waals surface area contributed by atoms with E-state index in [0.29, 0.717) is 11.4 Å². The maximum Gasteiger partial charge on any atom is 0.247 e. The second-order valence-electron chi connectivity index (χ2n) is 5.69. The molecule has 1 amide bonds. The summed E-state index contributed by atoms with van der Waals surface area (Å²) in [6.45, 7) is 0.804. The lowest BCUT2D eigenvalue weighted by molar-refractivity contribution is -0.119. The van der Waals surface area contributed by atoms with Gasteiger partial charge in [0.05, 0.1) is 6.04 Å². The van der Waals surface area contributed by atoms with Gasteiger partial charge in [-0.25, -0.2) is 9.37 Å². The quantitative estimate of drug-likeness (QED) is 0.855. The molecule has 2 aliphatic heterocycles. The number of halogens is 1. The second-order valence-corrected chi connectivity index (χ2v) is 5.69. The van der Waals surface area contributed by atoms with Crippen molar-refractivity contribution in [3.05, 3.63) is 60.0 Å². The Morgan fingerprint density at radius 3 is 2.73 bits per heavy atom. The summed E-state index contributed by atoms with van der Waals surface area (Å²) < 4.78 is 14.3. The predicted molar refractivity (Wildman–Crippen MR) is 80.6 cm³/mol. The van der Waals surface area contributed by atoms with Gasteiger partial charge in [-0.05, 0) is 31.0 Å². The van der Waals surface area contributed by atoms with Gasteiger partial charge in [0.2, 0.25) is 5.91 Å². The predicted octanol–water partition coefficient (Wildman–Crippen LogP) is 2.73. The first-order valence-corrected chi connectivity index (χ1v) is 7.51. The van der Waals surface area contributed by atoms with Crippen molar-refractivity contribution >= 4 is 11.7 Å². The fourth-order valence-electron chi connectivity index (χ4n) is 3.51. The molecule has 0 aliphatic carbocycles. The van der Waals surface area contributed by atoms with E-state index in [-0.39, 0.29) is 17.8 Å². The molecule has 0 unspecified atom stereocenters. The molecule has 22 heavy (non-hydrogen) atoms. The van der Waals surface area contributed by atoms with Crippen LogP contribution in [0.3, 0.4) is 0 Å². The zero-order valence-corrected chi connectivity index (χ0v) is 12.0. The molecule has 2 aliphatic rings. The molecule has 4 nitrogen and oxygen atoms in total. The Kier molecular flexibility index (Phi) is 3.15. The molecule has 1 aromatic carbocycles. The third-order valence-electron chi connectivity index (χ3n) is 4.45. The molecular weight excluding hydrogens is 281 g/mol. The number of carbonyl (C=O) groups excluding carboxylic acids is 1. The Hall–Kier alpha value is -2.27. The van der Waals surface area contributed by atoms with Crippen molar-refractivity contribution in [3.8, 4) is 0 Å². The number of fused-ring (bicyclic) bond motifs is 1. The van der Waals surface area contributed by atoms with Crippen molar-refractivity contribution < 1.29 is 9.18 Å². The minimum atomic E-state index is -0.406. The number of pyridine rings is 1. The minimum Gasteiger partial charge on any atom is -0.274 e. The van der Waals surface area contributed by atoms with E-state index in [1.54, 1.807) is 29.3 Å². The van der Waals surface area contributed by atoms with E-state index in [9.17, 15) is 9.18 Å².